The molecule has 0 aliphatic carbocycles. The Morgan fingerprint density at radius 3 is 2.82 bits per heavy atom. The van der Waals surface area contributed by atoms with Crippen LogP contribution in [0, 0.1) is 0 Å². The summed E-state index contributed by atoms with van der Waals surface area (Å²) in [4.78, 5) is 23.4. The van der Waals surface area contributed by atoms with Gasteiger partial charge in [-0.05, 0) is 18.2 Å². The van der Waals surface area contributed by atoms with Crippen molar-refractivity contribution in [3.05, 3.63) is 36.4 Å². The SMILES string of the molecule is C=CCNC(=O)c1ccc(N)c(OCC(=O)NCCOC)c1. The number of methoxy groups -OCH3 is 1. The fraction of sp³-hybridized carbons (Fsp3) is 0.333. The number of amides is 2. The van der Waals surface area contributed by atoms with Crippen LogP contribution in [-0.2, 0) is 9.53 Å². The fourth-order valence-corrected chi connectivity index (χ4v) is 1.55. The molecular formula is C15H21N3O4. The first kappa shape index (κ1) is 17.5. The lowest BCUT2D eigenvalue weighted by molar-refractivity contribution is -0.123. The van der Waals surface area contributed by atoms with Crippen molar-refractivity contribution < 1.29 is 19.1 Å². The quantitative estimate of drug-likeness (QED) is 0.346. The third-order valence-electron chi connectivity index (χ3n) is 2.67. The molecule has 120 valence electrons. The zero-order valence-electron chi connectivity index (χ0n) is 12.6. The molecule has 0 atom stereocenters. The van der Waals surface area contributed by atoms with Crippen molar-refractivity contribution in [2.24, 2.45) is 0 Å². The van der Waals surface area contributed by atoms with Gasteiger partial charge in [0.05, 0.1) is 12.3 Å². The third-order valence-corrected chi connectivity index (χ3v) is 2.67. The van der Waals surface area contributed by atoms with Gasteiger partial charge in [-0.1, -0.05) is 6.08 Å². The number of nitrogen functional groups attached to an aromatic ring is 1. The number of rotatable bonds is 9. The van der Waals surface area contributed by atoms with E-state index < -0.39 is 0 Å². The Balaban J connectivity index is 2.60. The van der Waals surface area contributed by atoms with Crippen molar-refractivity contribution in [1.29, 1.82) is 0 Å². The molecule has 2 amide bonds. The molecular weight excluding hydrogens is 286 g/mol. The molecule has 7 nitrogen and oxygen atoms in total. The van der Waals surface area contributed by atoms with Gasteiger partial charge in [0.25, 0.3) is 11.8 Å². The molecule has 0 saturated heterocycles. The fourth-order valence-electron chi connectivity index (χ4n) is 1.55. The lowest BCUT2D eigenvalue weighted by Crippen LogP contribution is -2.31. The third kappa shape index (κ3) is 5.84. The smallest absolute Gasteiger partial charge is 0.258 e. The van der Waals surface area contributed by atoms with Crippen LogP contribution in [0.5, 0.6) is 5.75 Å². The number of carbonyl (C=O) groups is 2. The van der Waals surface area contributed by atoms with E-state index in [4.69, 9.17) is 15.2 Å². The number of ether oxygens (including phenoxy) is 2. The van der Waals surface area contributed by atoms with Crippen LogP contribution in [0.3, 0.4) is 0 Å². The number of anilines is 1. The molecule has 7 heteroatoms. The summed E-state index contributed by atoms with van der Waals surface area (Å²) >= 11 is 0. The van der Waals surface area contributed by atoms with Gasteiger partial charge in [-0.3, -0.25) is 9.59 Å². The molecule has 0 aromatic heterocycles. The summed E-state index contributed by atoms with van der Waals surface area (Å²) in [6.45, 7) is 4.52. The van der Waals surface area contributed by atoms with E-state index >= 15 is 0 Å². The standard InChI is InChI=1S/C15H21N3O4/c1-3-6-18-15(20)11-4-5-12(16)13(9-11)22-10-14(19)17-7-8-21-2/h3-5,9H,1,6-8,10,16H2,2H3,(H,17,19)(H,18,20). The molecule has 0 radical (unpaired) electrons. The predicted octanol–water partition coefficient (Wildman–Crippen LogP) is 0.326. The van der Waals surface area contributed by atoms with E-state index in [2.05, 4.69) is 17.2 Å². The number of benzene rings is 1. The van der Waals surface area contributed by atoms with Gasteiger partial charge < -0.3 is 25.8 Å². The first-order chi connectivity index (χ1) is 10.6. The number of hydrogen-bond donors (Lipinski definition) is 3. The maximum Gasteiger partial charge on any atom is 0.258 e. The first-order valence-electron chi connectivity index (χ1n) is 6.75. The van der Waals surface area contributed by atoms with E-state index in [1.807, 2.05) is 0 Å². The molecule has 1 aromatic carbocycles. The van der Waals surface area contributed by atoms with Crippen LogP contribution in [0.25, 0.3) is 0 Å². The molecule has 0 heterocycles. The van der Waals surface area contributed by atoms with Gasteiger partial charge in [-0.25, -0.2) is 0 Å². The maximum absolute atomic E-state index is 11.8. The highest BCUT2D eigenvalue weighted by Gasteiger charge is 2.10. The topological polar surface area (TPSA) is 103 Å². The van der Waals surface area contributed by atoms with Crippen LogP contribution < -0.4 is 21.1 Å². The van der Waals surface area contributed by atoms with Gasteiger partial charge in [0, 0.05) is 25.8 Å². The zero-order chi connectivity index (χ0) is 16.4. The molecule has 0 bridgehead atoms. The maximum atomic E-state index is 11.8. The van der Waals surface area contributed by atoms with Gasteiger partial charge in [0.15, 0.2) is 6.61 Å². The first-order valence-corrected chi connectivity index (χ1v) is 6.75. The predicted molar refractivity (Wildman–Crippen MR) is 83.8 cm³/mol. The summed E-state index contributed by atoms with van der Waals surface area (Å²) < 4.78 is 10.2. The minimum Gasteiger partial charge on any atom is -0.482 e. The van der Waals surface area contributed by atoms with Crippen molar-refractivity contribution in [2.75, 3.05) is 39.1 Å². The Hall–Kier alpha value is -2.54. The van der Waals surface area contributed by atoms with Crippen LogP contribution in [0.1, 0.15) is 10.4 Å². The minimum absolute atomic E-state index is 0.189. The average molecular weight is 307 g/mol. The van der Waals surface area contributed by atoms with Crippen LogP contribution in [0.2, 0.25) is 0 Å². The molecule has 1 aromatic rings. The van der Waals surface area contributed by atoms with Crippen molar-refractivity contribution in [3.63, 3.8) is 0 Å². The second kappa shape index (κ2) is 9.41. The summed E-state index contributed by atoms with van der Waals surface area (Å²) in [6, 6.07) is 4.64. The molecule has 0 aliphatic rings. The lowest BCUT2D eigenvalue weighted by Gasteiger charge is -2.11. The average Bonchev–Trinajstić information content (AvgIpc) is 2.52. The Bertz CT molecular complexity index is 532. The molecule has 0 fully saturated rings. The number of nitrogens with one attached hydrogen (secondary N) is 2. The molecule has 4 N–H and O–H groups in total. The van der Waals surface area contributed by atoms with Gasteiger partial charge in [-0.2, -0.15) is 0 Å². The van der Waals surface area contributed by atoms with Gasteiger partial charge in [0.1, 0.15) is 5.75 Å². The van der Waals surface area contributed by atoms with E-state index in [1.165, 1.54) is 6.07 Å². The highest BCUT2D eigenvalue weighted by molar-refractivity contribution is 5.95. The van der Waals surface area contributed by atoms with Crippen molar-refractivity contribution in [2.45, 2.75) is 0 Å². The van der Waals surface area contributed by atoms with Crippen molar-refractivity contribution in [3.8, 4) is 5.75 Å². The van der Waals surface area contributed by atoms with Crippen LogP contribution in [0.15, 0.2) is 30.9 Å². The summed E-state index contributed by atoms with van der Waals surface area (Å²) in [5, 5.41) is 5.27. The number of nitrogens with two attached hydrogens (primary N) is 1. The second-order valence-corrected chi connectivity index (χ2v) is 4.38. The molecule has 1 rings (SSSR count). The highest BCUT2D eigenvalue weighted by Crippen LogP contribution is 2.22. The summed E-state index contributed by atoms with van der Waals surface area (Å²) in [5.41, 5.74) is 6.52. The van der Waals surface area contributed by atoms with Crippen molar-refractivity contribution >= 4 is 17.5 Å². The Morgan fingerprint density at radius 2 is 2.14 bits per heavy atom. The molecule has 0 spiro atoms. The molecule has 0 aliphatic heterocycles. The largest absolute Gasteiger partial charge is 0.482 e. The second-order valence-electron chi connectivity index (χ2n) is 4.38. The van der Waals surface area contributed by atoms with E-state index in [0.717, 1.165) is 0 Å². The van der Waals surface area contributed by atoms with E-state index in [9.17, 15) is 9.59 Å². The Kier molecular flexibility index (Phi) is 7.49. The molecule has 0 saturated carbocycles. The molecule has 0 unspecified atom stereocenters. The van der Waals surface area contributed by atoms with Crippen LogP contribution in [-0.4, -0.2) is 45.2 Å². The zero-order valence-corrected chi connectivity index (χ0v) is 12.6. The summed E-state index contributed by atoms with van der Waals surface area (Å²) in [5.74, 6) is -0.277. The van der Waals surface area contributed by atoms with Crippen molar-refractivity contribution in [1.82, 2.24) is 10.6 Å². The summed E-state index contributed by atoms with van der Waals surface area (Å²) in [7, 11) is 1.55. The van der Waals surface area contributed by atoms with Gasteiger partial charge in [-0.15, -0.1) is 6.58 Å². The number of carbonyl (C=O) groups excluding carboxylic acids is 2. The Labute approximate surface area is 129 Å². The van der Waals surface area contributed by atoms with Gasteiger partial charge in [0.2, 0.25) is 0 Å². The lowest BCUT2D eigenvalue weighted by atomic mass is 10.2. The van der Waals surface area contributed by atoms with Crippen LogP contribution in [0.4, 0.5) is 5.69 Å². The number of hydrogen-bond acceptors (Lipinski definition) is 5. The molecule has 22 heavy (non-hydrogen) atoms. The monoisotopic (exact) mass is 307 g/mol. The normalized spacial score (nSPS) is 9.86. The highest BCUT2D eigenvalue weighted by atomic mass is 16.5. The van der Waals surface area contributed by atoms with Crippen LogP contribution >= 0.6 is 0 Å². The van der Waals surface area contributed by atoms with Gasteiger partial charge >= 0.3 is 0 Å². The van der Waals surface area contributed by atoms with E-state index in [0.29, 0.717) is 30.9 Å². The summed E-state index contributed by atoms with van der Waals surface area (Å²) in [6.07, 6.45) is 1.58. The van der Waals surface area contributed by atoms with E-state index in [-0.39, 0.29) is 24.2 Å². The van der Waals surface area contributed by atoms with E-state index in [1.54, 1.807) is 25.3 Å². The minimum atomic E-state index is -0.294. The Morgan fingerprint density at radius 1 is 1.36 bits per heavy atom.